The highest BCUT2D eigenvalue weighted by molar-refractivity contribution is 9.10. The molecule has 0 saturated carbocycles. The average molecular weight is 534 g/mol. The van der Waals surface area contributed by atoms with E-state index in [1.165, 1.54) is 0 Å². The number of aromatic nitrogens is 2. The van der Waals surface area contributed by atoms with Gasteiger partial charge in [-0.05, 0) is 42.5 Å². The van der Waals surface area contributed by atoms with Crippen molar-refractivity contribution in [2.75, 3.05) is 56.6 Å². The van der Waals surface area contributed by atoms with E-state index >= 15 is 0 Å². The van der Waals surface area contributed by atoms with Crippen molar-refractivity contribution in [1.29, 1.82) is 0 Å². The average Bonchev–Trinajstić information content (AvgIpc) is 2.78. The van der Waals surface area contributed by atoms with E-state index in [4.69, 9.17) is 21.1 Å². The van der Waals surface area contributed by atoms with Crippen LogP contribution in [0.2, 0.25) is 5.02 Å². The normalized spacial score (nSPS) is 10.8. The molecule has 0 aliphatic rings. The van der Waals surface area contributed by atoms with E-state index < -0.39 is 0 Å². The second kappa shape index (κ2) is 11.7. The van der Waals surface area contributed by atoms with Crippen LogP contribution in [0.1, 0.15) is 5.56 Å². The lowest BCUT2D eigenvalue weighted by Crippen LogP contribution is -2.17. The topological polar surface area (TPSA) is 75.1 Å². The van der Waals surface area contributed by atoms with Crippen LogP contribution in [0.5, 0.6) is 11.5 Å². The van der Waals surface area contributed by atoms with Crippen LogP contribution in [0.25, 0.3) is 0 Å². The van der Waals surface area contributed by atoms with Crippen molar-refractivity contribution in [3.05, 3.63) is 63.6 Å². The highest BCUT2D eigenvalue weighted by Gasteiger charge is 2.08. The molecule has 174 valence electrons. The molecule has 0 aliphatic carbocycles. The van der Waals surface area contributed by atoms with Gasteiger partial charge in [-0.1, -0.05) is 27.5 Å². The number of hydrazone groups is 1. The zero-order valence-electron chi connectivity index (χ0n) is 18.9. The zero-order chi connectivity index (χ0) is 23.8. The van der Waals surface area contributed by atoms with Gasteiger partial charge in [0.2, 0.25) is 5.95 Å². The molecule has 0 fully saturated rings. The van der Waals surface area contributed by atoms with Crippen molar-refractivity contribution in [1.82, 2.24) is 9.97 Å². The number of rotatable bonds is 10. The zero-order valence-corrected chi connectivity index (χ0v) is 21.3. The molecular weight excluding hydrogens is 508 g/mol. The molecule has 0 radical (unpaired) electrons. The summed E-state index contributed by atoms with van der Waals surface area (Å²) in [7, 11) is 7.62. The summed E-state index contributed by atoms with van der Waals surface area (Å²) in [6.45, 7) is 0.775. The lowest BCUT2D eigenvalue weighted by molar-refractivity contribution is 0.217. The van der Waals surface area contributed by atoms with E-state index in [-0.39, 0.29) is 0 Å². The van der Waals surface area contributed by atoms with Crippen molar-refractivity contribution < 1.29 is 9.47 Å². The molecule has 1 N–H and O–H groups in total. The van der Waals surface area contributed by atoms with Gasteiger partial charge in [0.15, 0.2) is 5.82 Å². The van der Waals surface area contributed by atoms with E-state index in [0.29, 0.717) is 35.8 Å². The lowest BCUT2D eigenvalue weighted by atomic mass is 10.2. The van der Waals surface area contributed by atoms with Crippen LogP contribution in [0.15, 0.2) is 58.1 Å². The first-order valence-electron chi connectivity index (χ1n) is 10.2. The van der Waals surface area contributed by atoms with E-state index in [1.54, 1.807) is 18.3 Å². The summed E-state index contributed by atoms with van der Waals surface area (Å²) in [5.41, 5.74) is 3.69. The lowest BCUT2D eigenvalue weighted by Gasteiger charge is -2.17. The van der Waals surface area contributed by atoms with Gasteiger partial charge in [-0.15, -0.1) is 0 Å². The third kappa shape index (κ3) is 7.50. The molecule has 10 heteroatoms. The summed E-state index contributed by atoms with van der Waals surface area (Å²) in [6.07, 6.45) is 1.64. The van der Waals surface area contributed by atoms with E-state index in [9.17, 15) is 0 Å². The Bertz CT molecular complexity index is 1070. The molecule has 1 heterocycles. The quantitative estimate of drug-likeness (QED) is 0.225. The van der Waals surface area contributed by atoms with Crippen molar-refractivity contribution >= 4 is 51.3 Å². The van der Waals surface area contributed by atoms with Crippen LogP contribution < -0.4 is 24.7 Å². The monoisotopic (exact) mass is 532 g/mol. The predicted octanol–water partition coefficient (Wildman–Crippen LogP) is 4.93. The summed E-state index contributed by atoms with van der Waals surface area (Å²) >= 11 is 9.59. The summed E-state index contributed by atoms with van der Waals surface area (Å²) in [5.74, 6) is 3.35. The molecule has 0 atom stereocenters. The predicted molar refractivity (Wildman–Crippen MR) is 138 cm³/mol. The van der Waals surface area contributed by atoms with E-state index in [1.807, 2.05) is 74.4 Å². The smallest absolute Gasteiger partial charge is 0.228 e. The maximum absolute atomic E-state index is 6.18. The molecule has 0 saturated heterocycles. The van der Waals surface area contributed by atoms with Crippen LogP contribution in [0, 0.1) is 0 Å². The van der Waals surface area contributed by atoms with E-state index in [0.717, 1.165) is 21.6 Å². The number of hydrogen-bond acceptors (Lipinski definition) is 8. The van der Waals surface area contributed by atoms with Gasteiger partial charge < -0.3 is 19.3 Å². The Morgan fingerprint density at radius 2 is 1.70 bits per heavy atom. The van der Waals surface area contributed by atoms with Crippen molar-refractivity contribution in [2.24, 2.45) is 5.10 Å². The maximum atomic E-state index is 6.18. The Balaban J connectivity index is 1.64. The minimum atomic E-state index is 0.371. The summed E-state index contributed by atoms with van der Waals surface area (Å²) < 4.78 is 12.6. The van der Waals surface area contributed by atoms with Gasteiger partial charge in [0.1, 0.15) is 30.5 Å². The van der Waals surface area contributed by atoms with Crippen molar-refractivity contribution in [3.63, 3.8) is 0 Å². The first-order chi connectivity index (χ1) is 15.8. The van der Waals surface area contributed by atoms with Crippen molar-refractivity contribution in [2.45, 2.75) is 0 Å². The minimum Gasteiger partial charge on any atom is -0.490 e. The minimum absolute atomic E-state index is 0.371. The second-order valence-corrected chi connectivity index (χ2v) is 8.76. The summed E-state index contributed by atoms with van der Waals surface area (Å²) in [6, 6.07) is 14.8. The Labute approximate surface area is 207 Å². The molecule has 33 heavy (non-hydrogen) atoms. The molecule has 0 aliphatic heterocycles. The Hall–Kier alpha value is -3.04. The third-order valence-corrected chi connectivity index (χ3v) is 5.10. The second-order valence-electron chi connectivity index (χ2n) is 7.40. The largest absolute Gasteiger partial charge is 0.490 e. The van der Waals surface area contributed by atoms with E-state index in [2.05, 4.69) is 36.4 Å². The number of ether oxygens (including phenoxy) is 2. The molecule has 0 spiro atoms. The van der Waals surface area contributed by atoms with Crippen LogP contribution in [0.3, 0.4) is 0 Å². The Kier molecular flexibility index (Phi) is 8.73. The van der Waals surface area contributed by atoms with Crippen LogP contribution in [-0.4, -0.2) is 57.6 Å². The highest BCUT2D eigenvalue weighted by Crippen LogP contribution is 2.22. The summed E-state index contributed by atoms with van der Waals surface area (Å²) in [5, 5.41) is 4.91. The van der Waals surface area contributed by atoms with Gasteiger partial charge >= 0.3 is 0 Å². The van der Waals surface area contributed by atoms with Crippen LogP contribution >= 0.6 is 27.5 Å². The number of nitrogens with zero attached hydrogens (tertiary/aromatic N) is 5. The SMILES string of the molecule is CN(C)c1cc(N/N=C\c2cc(Cl)ccc2OCCOc2ccc(Br)cc2)nc(N(C)C)n1. The fourth-order valence-electron chi connectivity index (χ4n) is 2.67. The fraction of sp³-hybridized carbons (Fsp3) is 0.261. The number of hydrogen-bond donors (Lipinski definition) is 1. The molecule has 0 bridgehead atoms. The third-order valence-electron chi connectivity index (χ3n) is 4.34. The fourth-order valence-corrected chi connectivity index (χ4v) is 3.11. The number of halogens is 2. The summed E-state index contributed by atoms with van der Waals surface area (Å²) in [4.78, 5) is 12.7. The molecule has 0 unspecified atom stereocenters. The molecule has 8 nitrogen and oxygen atoms in total. The van der Waals surface area contributed by atoms with Gasteiger partial charge in [0.05, 0.1) is 6.21 Å². The molecule has 3 aromatic rings. The van der Waals surface area contributed by atoms with Gasteiger partial charge in [-0.2, -0.15) is 15.1 Å². The van der Waals surface area contributed by atoms with Crippen LogP contribution in [0.4, 0.5) is 17.6 Å². The molecule has 2 aromatic carbocycles. The molecular formula is C23H26BrClN6O2. The molecule has 0 amide bonds. The first kappa shape index (κ1) is 24.6. The Morgan fingerprint density at radius 3 is 2.39 bits per heavy atom. The van der Waals surface area contributed by atoms with Gasteiger partial charge in [-0.3, -0.25) is 5.43 Å². The number of benzene rings is 2. The number of nitrogens with one attached hydrogen (secondary N) is 1. The standard InChI is InChI=1S/C23H26BrClN6O2/c1-30(2)22-14-21(27-23(28-22)31(3)4)29-26-15-16-13-18(25)7-10-20(16)33-12-11-32-19-8-5-17(24)6-9-19/h5-10,13-15H,11-12H2,1-4H3,(H,27,28,29)/b26-15-. The Morgan fingerprint density at radius 1 is 0.970 bits per heavy atom. The maximum Gasteiger partial charge on any atom is 0.228 e. The first-order valence-corrected chi connectivity index (χ1v) is 11.3. The highest BCUT2D eigenvalue weighted by atomic mass is 79.9. The van der Waals surface area contributed by atoms with Crippen molar-refractivity contribution in [3.8, 4) is 11.5 Å². The number of anilines is 3. The van der Waals surface area contributed by atoms with Gasteiger partial charge in [0, 0.05) is 49.3 Å². The van der Waals surface area contributed by atoms with Gasteiger partial charge in [0.25, 0.3) is 0 Å². The van der Waals surface area contributed by atoms with Gasteiger partial charge in [-0.25, -0.2) is 0 Å². The molecule has 1 aromatic heterocycles. The molecule has 3 rings (SSSR count). The van der Waals surface area contributed by atoms with Crippen LogP contribution in [-0.2, 0) is 0 Å².